The molecule has 1 aromatic carbocycles. The van der Waals surface area contributed by atoms with E-state index in [2.05, 4.69) is 20.8 Å². The van der Waals surface area contributed by atoms with Gasteiger partial charge in [-0.3, -0.25) is 14.9 Å². The van der Waals surface area contributed by atoms with Crippen molar-refractivity contribution in [3.05, 3.63) is 51.2 Å². The summed E-state index contributed by atoms with van der Waals surface area (Å²) in [4.78, 5) is 35.2. The highest BCUT2D eigenvalue weighted by Gasteiger charge is 2.39. The molecule has 11 heteroatoms. The predicted octanol–water partition coefficient (Wildman–Crippen LogP) is 0.612. The molecule has 25 heavy (non-hydrogen) atoms. The van der Waals surface area contributed by atoms with E-state index in [4.69, 9.17) is 4.74 Å². The van der Waals surface area contributed by atoms with Crippen LogP contribution in [-0.4, -0.2) is 44.0 Å². The summed E-state index contributed by atoms with van der Waals surface area (Å²) in [5.41, 5.74) is -0.227. The Morgan fingerprint density at radius 1 is 1.36 bits per heavy atom. The SMILES string of the molecule is COC(=O)C1=C(C(C)=O)C(c2ccccc2[N+](=O)[O-])n2nnnc2N1. The number of nitro benzene ring substituents is 1. The molecular formula is C14H12N6O5. The number of methoxy groups -OCH3 is 1. The highest BCUT2D eigenvalue weighted by atomic mass is 16.6. The van der Waals surface area contributed by atoms with Gasteiger partial charge in [0, 0.05) is 6.07 Å². The van der Waals surface area contributed by atoms with Crippen molar-refractivity contribution in [1.82, 2.24) is 20.2 Å². The molecule has 0 amide bonds. The molecule has 1 atom stereocenters. The van der Waals surface area contributed by atoms with Crippen LogP contribution in [0.15, 0.2) is 35.5 Å². The van der Waals surface area contributed by atoms with Crippen molar-refractivity contribution in [3.63, 3.8) is 0 Å². The summed E-state index contributed by atoms with van der Waals surface area (Å²) in [6.07, 6.45) is 0. The minimum atomic E-state index is -1.04. The fourth-order valence-electron chi connectivity index (χ4n) is 2.69. The highest BCUT2D eigenvalue weighted by molar-refractivity contribution is 6.06. The number of allylic oxidation sites excluding steroid dienone is 1. The minimum Gasteiger partial charge on any atom is -0.464 e. The maximum Gasteiger partial charge on any atom is 0.355 e. The van der Waals surface area contributed by atoms with E-state index in [0.717, 1.165) is 7.11 Å². The van der Waals surface area contributed by atoms with Crippen molar-refractivity contribution in [2.75, 3.05) is 12.4 Å². The van der Waals surface area contributed by atoms with Gasteiger partial charge in [-0.05, 0) is 23.4 Å². The second kappa shape index (κ2) is 6.11. The first-order valence-electron chi connectivity index (χ1n) is 7.07. The molecule has 1 aliphatic rings. The second-order valence-electron chi connectivity index (χ2n) is 5.13. The summed E-state index contributed by atoms with van der Waals surface area (Å²) in [5, 5.41) is 25.1. The molecule has 0 fully saturated rings. The van der Waals surface area contributed by atoms with Gasteiger partial charge in [-0.1, -0.05) is 17.2 Å². The number of anilines is 1. The molecule has 0 radical (unpaired) electrons. The maximum atomic E-state index is 12.3. The van der Waals surface area contributed by atoms with Gasteiger partial charge in [0.2, 0.25) is 5.95 Å². The minimum absolute atomic E-state index is 0.0269. The summed E-state index contributed by atoms with van der Waals surface area (Å²) in [5.74, 6) is -1.21. The molecule has 0 saturated carbocycles. The average molecular weight is 344 g/mol. The van der Waals surface area contributed by atoms with Gasteiger partial charge < -0.3 is 10.1 Å². The molecule has 0 saturated heterocycles. The Kier molecular flexibility index (Phi) is 3.97. The van der Waals surface area contributed by atoms with E-state index < -0.39 is 22.7 Å². The molecule has 0 aliphatic carbocycles. The Morgan fingerprint density at radius 2 is 2.08 bits per heavy atom. The number of carbonyl (C=O) groups excluding carboxylic acids is 2. The number of rotatable bonds is 4. The van der Waals surface area contributed by atoms with Crippen LogP contribution in [0.5, 0.6) is 0 Å². The number of hydrogen-bond donors (Lipinski definition) is 1. The van der Waals surface area contributed by atoms with Crippen LogP contribution < -0.4 is 5.32 Å². The zero-order valence-electron chi connectivity index (χ0n) is 13.2. The third-order valence-electron chi connectivity index (χ3n) is 3.71. The monoisotopic (exact) mass is 344 g/mol. The van der Waals surface area contributed by atoms with Gasteiger partial charge in [0.05, 0.1) is 23.2 Å². The number of tetrazole rings is 1. The second-order valence-corrected chi connectivity index (χ2v) is 5.13. The Hall–Kier alpha value is -3.63. The predicted molar refractivity (Wildman–Crippen MR) is 82.4 cm³/mol. The fourth-order valence-corrected chi connectivity index (χ4v) is 2.69. The number of fused-ring (bicyclic) bond motifs is 1. The van der Waals surface area contributed by atoms with Crippen molar-refractivity contribution < 1.29 is 19.2 Å². The molecule has 2 aromatic rings. The van der Waals surface area contributed by atoms with E-state index in [-0.39, 0.29) is 28.5 Å². The maximum absolute atomic E-state index is 12.3. The van der Waals surface area contributed by atoms with E-state index in [1.54, 1.807) is 6.07 Å². The number of ketones is 1. The summed E-state index contributed by atoms with van der Waals surface area (Å²) < 4.78 is 5.91. The molecule has 3 rings (SSSR count). The molecule has 1 N–H and O–H groups in total. The number of Topliss-reactive ketones (excluding diaryl/α,β-unsaturated/α-hetero) is 1. The van der Waals surface area contributed by atoms with E-state index in [1.165, 1.54) is 29.8 Å². The summed E-state index contributed by atoms with van der Waals surface area (Å²) in [6.45, 7) is 1.25. The summed E-state index contributed by atoms with van der Waals surface area (Å²) in [6, 6.07) is 4.83. The number of nitrogens with one attached hydrogen (secondary N) is 1. The van der Waals surface area contributed by atoms with Crippen LogP contribution in [0.25, 0.3) is 0 Å². The number of nitrogens with zero attached hydrogens (tertiary/aromatic N) is 5. The number of carbonyl (C=O) groups is 2. The van der Waals surface area contributed by atoms with E-state index in [1.807, 2.05) is 0 Å². The number of ether oxygens (including phenoxy) is 1. The first-order chi connectivity index (χ1) is 12.0. The first kappa shape index (κ1) is 16.2. The molecule has 11 nitrogen and oxygen atoms in total. The van der Waals surface area contributed by atoms with Gasteiger partial charge >= 0.3 is 5.97 Å². The third kappa shape index (κ3) is 2.60. The molecule has 0 spiro atoms. The van der Waals surface area contributed by atoms with Gasteiger partial charge in [-0.15, -0.1) is 0 Å². The van der Waals surface area contributed by atoms with Gasteiger partial charge in [0.25, 0.3) is 5.69 Å². The lowest BCUT2D eigenvalue weighted by Gasteiger charge is -2.27. The Balaban J connectivity index is 2.32. The summed E-state index contributed by atoms with van der Waals surface area (Å²) in [7, 11) is 1.16. The van der Waals surface area contributed by atoms with Crippen LogP contribution in [0.1, 0.15) is 18.5 Å². The molecule has 0 bridgehead atoms. The van der Waals surface area contributed by atoms with Gasteiger partial charge in [-0.2, -0.15) is 4.68 Å². The van der Waals surface area contributed by atoms with Crippen molar-refractivity contribution >= 4 is 23.4 Å². The van der Waals surface area contributed by atoms with E-state index in [9.17, 15) is 19.7 Å². The number of hydrogen-bond acceptors (Lipinski definition) is 9. The van der Waals surface area contributed by atoms with Crippen LogP contribution in [0.4, 0.5) is 11.6 Å². The fraction of sp³-hybridized carbons (Fsp3) is 0.214. The number of para-hydroxylation sites is 1. The van der Waals surface area contributed by atoms with Gasteiger partial charge in [0.1, 0.15) is 11.7 Å². The van der Waals surface area contributed by atoms with Crippen LogP contribution in [0, 0.1) is 10.1 Å². The Labute approximate surface area is 140 Å². The lowest BCUT2D eigenvalue weighted by molar-refractivity contribution is -0.385. The first-order valence-corrected chi connectivity index (χ1v) is 7.07. The van der Waals surface area contributed by atoms with Gasteiger partial charge in [0.15, 0.2) is 5.78 Å². The number of benzene rings is 1. The van der Waals surface area contributed by atoms with Crippen molar-refractivity contribution in [2.24, 2.45) is 0 Å². The molecule has 1 aliphatic heterocycles. The zero-order chi connectivity index (χ0) is 18.1. The Bertz CT molecular complexity index is 918. The standard InChI is InChI=1S/C14H12N6O5/c1-7(21)10-11(13(22)25-2)15-14-16-17-18-19(14)12(10)8-5-3-4-6-9(8)20(23)24/h3-6,12H,1-2H3,(H,15,16,18). The summed E-state index contributed by atoms with van der Waals surface area (Å²) >= 11 is 0. The van der Waals surface area contributed by atoms with Crippen molar-refractivity contribution in [2.45, 2.75) is 13.0 Å². The lowest BCUT2D eigenvalue weighted by atomic mass is 9.92. The normalized spacial score (nSPS) is 16.0. The Morgan fingerprint density at radius 3 is 2.72 bits per heavy atom. The average Bonchev–Trinajstić information content (AvgIpc) is 3.07. The third-order valence-corrected chi connectivity index (χ3v) is 3.71. The molecular weight excluding hydrogens is 332 g/mol. The van der Waals surface area contributed by atoms with Crippen LogP contribution >= 0.6 is 0 Å². The van der Waals surface area contributed by atoms with Gasteiger partial charge in [-0.25, -0.2) is 4.79 Å². The number of aromatic nitrogens is 4. The van der Waals surface area contributed by atoms with E-state index in [0.29, 0.717) is 0 Å². The van der Waals surface area contributed by atoms with Crippen LogP contribution in [-0.2, 0) is 14.3 Å². The van der Waals surface area contributed by atoms with Crippen molar-refractivity contribution in [3.8, 4) is 0 Å². The van der Waals surface area contributed by atoms with Crippen LogP contribution in [0.2, 0.25) is 0 Å². The molecule has 2 heterocycles. The quantitative estimate of drug-likeness (QED) is 0.479. The zero-order valence-corrected chi connectivity index (χ0v) is 13.2. The smallest absolute Gasteiger partial charge is 0.355 e. The molecule has 128 valence electrons. The number of esters is 1. The van der Waals surface area contributed by atoms with Crippen molar-refractivity contribution in [1.29, 1.82) is 0 Å². The topological polar surface area (TPSA) is 142 Å². The highest BCUT2D eigenvalue weighted by Crippen LogP contribution is 2.38. The largest absolute Gasteiger partial charge is 0.464 e. The van der Waals surface area contributed by atoms with Crippen LogP contribution in [0.3, 0.4) is 0 Å². The molecule has 1 unspecified atom stereocenters. The molecule has 1 aromatic heterocycles. The lowest BCUT2D eigenvalue weighted by Crippen LogP contribution is -2.32. The number of nitro groups is 1. The van der Waals surface area contributed by atoms with E-state index >= 15 is 0 Å².